The summed E-state index contributed by atoms with van der Waals surface area (Å²) in [4.78, 5) is 12.7. The number of amides is 1. The van der Waals surface area contributed by atoms with Crippen LogP contribution in [-0.4, -0.2) is 24.5 Å². The number of aryl methyl sites for hydroxylation is 1. The number of nitrogens with one attached hydrogen (secondary N) is 2. The monoisotopic (exact) mass is 474 g/mol. The molecule has 2 N–H and O–H groups in total. The van der Waals surface area contributed by atoms with E-state index in [-0.39, 0.29) is 16.1 Å². The Kier molecular flexibility index (Phi) is 6.52. The fraction of sp³-hybridized carbons (Fsp3) is 0.318. The number of para-hydroxylation sites is 1. The summed E-state index contributed by atoms with van der Waals surface area (Å²) in [5, 5.41) is 12.3. The van der Waals surface area contributed by atoms with Crippen LogP contribution in [0.15, 0.2) is 47.4 Å². The highest BCUT2D eigenvalue weighted by molar-refractivity contribution is 7.92. The summed E-state index contributed by atoms with van der Waals surface area (Å²) in [5.41, 5.74) is 0.628. The highest BCUT2D eigenvalue weighted by Crippen LogP contribution is 2.35. The molecule has 0 aliphatic heterocycles. The number of nitrogens with zero attached hydrogens (tertiary/aromatic N) is 2. The maximum absolute atomic E-state index is 13.9. The average molecular weight is 475 g/mol. The van der Waals surface area contributed by atoms with E-state index in [9.17, 15) is 17.6 Å². The van der Waals surface area contributed by atoms with Gasteiger partial charge in [0.05, 0.1) is 10.6 Å². The Morgan fingerprint density at radius 2 is 1.84 bits per heavy atom. The van der Waals surface area contributed by atoms with Gasteiger partial charge in [-0.1, -0.05) is 48.8 Å². The molecule has 0 spiro atoms. The van der Waals surface area contributed by atoms with E-state index in [4.69, 9.17) is 0 Å². The summed E-state index contributed by atoms with van der Waals surface area (Å²) >= 11 is 1.35. The molecule has 1 saturated carbocycles. The number of sulfonamides is 1. The minimum absolute atomic E-state index is 0.142. The van der Waals surface area contributed by atoms with Crippen molar-refractivity contribution in [3.05, 3.63) is 64.4 Å². The maximum atomic E-state index is 13.9. The van der Waals surface area contributed by atoms with Crippen molar-refractivity contribution >= 4 is 38.1 Å². The maximum Gasteiger partial charge on any atom is 0.262 e. The molecule has 0 bridgehead atoms. The quantitative estimate of drug-likeness (QED) is 0.518. The lowest BCUT2D eigenvalue weighted by molar-refractivity contribution is 0.102. The fourth-order valence-corrected chi connectivity index (χ4v) is 5.73. The van der Waals surface area contributed by atoms with E-state index < -0.39 is 21.7 Å². The molecule has 168 valence electrons. The number of rotatable bonds is 6. The van der Waals surface area contributed by atoms with Crippen LogP contribution in [-0.2, 0) is 10.0 Å². The van der Waals surface area contributed by atoms with Crippen LogP contribution >= 0.6 is 11.3 Å². The summed E-state index contributed by atoms with van der Waals surface area (Å²) in [6.07, 6.45) is 5.75. The number of benzene rings is 2. The van der Waals surface area contributed by atoms with Crippen LogP contribution in [0, 0.1) is 12.7 Å². The molecule has 1 aromatic heterocycles. The van der Waals surface area contributed by atoms with Crippen molar-refractivity contribution in [2.75, 3.05) is 10.0 Å². The first-order chi connectivity index (χ1) is 15.3. The van der Waals surface area contributed by atoms with Gasteiger partial charge in [-0.25, -0.2) is 12.8 Å². The summed E-state index contributed by atoms with van der Waals surface area (Å²) in [6.45, 7) is 1.71. The summed E-state index contributed by atoms with van der Waals surface area (Å²) in [7, 11) is -4.09. The first kappa shape index (κ1) is 22.3. The number of carbonyl (C=O) groups is 1. The van der Waals surface area contributed by atoms with Crippen LogP contribution < -0.4 is 10.0 Å². The van der Waals surface area contributed by atoms with Gasteiger partial charge in [-0.2, -0.15) is 0 Å². The van der Waals surface area contributed by atoms with Crippen LogP contribution in [0.3, 0.4) is 0 Å². The molecule has 0 atom stereocenters. The summed E-state index contributed by atoms with van der Waals surface area (Å²) in [6, 6.07) is 9.67. The Morgan fingerprint density at radius 3 is 2.59 bits per heavy atom. The minimum Gasteiger partial charge on any atom is -0.296 e. The standard InChI is InChI=1S/C22H23FN4O3S2/c1-14-11-12-16(32(29,30)27-19-10-6-5-9-18(19)23)13-17(14)20(28)24-22-26-25-21(31-22)15-7-3-2-4-8-15/h5-6,9-13,15,27H,2-4,7-8H2,1H3,(H,24,26,28). The fourth-order valence-electron chi connectivity index (χ4n) is 3.72. The SMILES string of the molecule is Cc1ccc(S(=O)(=O)Nc2ccccc2F)cc1C(=O)Nc1nnc(C2CCCCC2)s1. The van der Waals surface area contributed by atoms with Gasteiger partial charge in [0, 0.05) is 11.5 Å². The molecular weight excluding hydrogens is 451 g/mol. The zero-order chi connectivity index (χ0) is 22.7. The lowest BCUT2D eigenvalue weighted by Crippen LogP contribution is -2.17. The van der Waals surface area contributed by atoms with E-state index in [1.54, 1.807) is 13.0 Å². The molecule has 32 heavy (non-hydrogen) atoms. The molecule has 1 aliphatic carbocycles. The van der Waals surface area contributed by atoms with Gasteiger partial charge in [0.15, 0.2) is 0 Å². The summed E-state index contributed by atoms with van der Waals surface area (Å²) < 4.78 is 41.6. The van der Waals surface area contributed by atoms with Gasteiger partial charge >= 0.3 is 0 Å². The third-order valence-electron chi connectivity index (χ3n) is 5.50. The normalized spacial score (nSPS) is 14.8. The van der Waals surface area contributed by atoms with Crippen molar-refractivity contribution in [2.45, 2.75) is 49.8 Å². The van der Waals surface area contributed by atoms with Crippen LogP contribution in [0.5, 0.6) is 0 Å². The van der Waals surface area contributed by atoms with Crippen molar-refractivity contribution in [2.24, 2.45) is 0 Å². The van der Waals surface area contributed by atoms with Gasteiger partial charge in [-0.3, -0.25) is 14.8 Å². The second kappa shape index (κ2) is 9.33. The van der Waals surface area contributed by atoms with Crippen LogP contribution in [0.1, 0.15) is 59.0 Å². The van der Waals surface area contributed by atoms with Gasteiger partial charge in [-0.15, -0.1) is 10.2 Å². The van der Waals surface area contributed by atoms with Gasteiger partial charge in [0.25, 0.3) is 15.9 Å². The number of carbonyl (C=O) groups excluding carboxylic acids is 1. The van der Waals surface area contributed by atoms with E-state index in [1.165, 1.54) is 60.9 Å². The van der Waals surface area contributed by atoms with Gasteiger partial charge in [-0.05, 0) is 49.6 Å². The molecule has 1 aliphatic rings. The number of hydrogen-bond acceptors (Lipinski definition) is 6. The molecule has 10 heteroatoms. The Morgan fingerprint density at radius 1 is 1.09 bits per heavy atom. The van der Waals surface area contributed by atoms with Crippen molar-refractivity contribution in [1.29, 1.82) is 0 Å². The van der Waals surface area contributed by atoms with Crippen LogP contribution in [0.4, 0.5) is 15.2 Å². The van der Waals surface area contributed by atoms with Gasteiger partial charge in [0.1, 0.15) is 10.8 Å². The van der Waals surface area contributed by atoms with Crippen LogP contribution in [0.25, 0.3) is 0 Å². The third kappa shape index (κ3) is 4.97. The molecule has 0 unspecified atom stereocenters. The zero-order valence-corrected chi connectivity index (χ0v) is 19.1. The molecular formula is C22H23FN4O3S2. The average Bonchev–Trinajstić information content (AvgIpc) is 3.24. The Labute approximate surface area is 190 Å². The number of hydrogen-bond donors (Lipinski definition) is 2. The highest BCUT2D eigenvalue weighted by Gasteiger charge is 2.22. The van der Waals surface area contributed by atoms with E-state index in [0.29, 0.717) is 16.6 Å². The first-order valence-electron chi connectivity index (χ1n) is 10.4. The van der Waals surface area contributed by atoms with Gasteiger partial charge in [0.2, 0.25) is 5.13 Å². The Bertz CT molecular complexity index is 1240. The molecule has 4 rings (SSSR count). The number of aromatic nitrogens is 2. The smallest absolute Gasteiger partial charge is 0.262 e. The number of halogens is 1. The molecule has 0 radical (unpaired) electrons. The van der Waals surface area contributed by atoms with Crippen molar-refractivity contribution in [1.82, 2.24) is 10.2 Å². The van der Waals surface area contributed by atoms with E-state index in [0.717, 1.165) is 23.9 Å². The molecule has 1 fully saturated rings. The lowest BCUT2D eigenvalue weighted by Gasteiger charge is -2.18. The predicted octanol–water partition coefficient (Wildman–Crippen LogP) is 5.09. The van der Waals surface area contributed by atoms with Gasteiger partial charge < -0.3 is 0 Å². The minimum atomic E-state index is -4.09. The molecule has 1 amide bonds. The van der Waals surface area contributed by atoms with Crippen molar-refractivity contribution in [3.8, 4) is 0 Å². The largest absolute Gasteiger partial charge is 0.296 e. The summed E-state index contributed by atoms with van der Waals surface area (Å²) in [5.74, 6) is -0.783. The third-order valence-corrected chi connectivity index (χ3v) is 7.86. The van der Waals surface area contributed by atoms with E-state index in [1.807, 2.05) is 0 Å². The second-order valence-electron chi connectivity index (χ2n) is 7.80. The van der Waals surface area contributed by atoms with E-state index in [2.05, 4.69) is 20.2 Å². The molecule has 1 heterocycles. The molecule has 2 aromatic carbocycles. The molecule has 0 saturated heterocycles. The Hall–Kier alpha value is -2.85. The Balaban J connectivity index is 1.53. The highest BCUT2D eigenvalue weighted by atomic mass is 32.2. The predicted molar refractivity (Wildman–Crippen MR) is 122 cm³/mol. The van der Waals surface area contributed by atoms with Crippen molar-refractivity contribution < 1.29 is 17.6 Å². The molecule has 3 aromatic rings. The van der Waals surface area contributed by atoms with Crippen LogP contribution in [0.2, 0.25) is 0 Å². The molecule has 7 nitrogen and oxygen atoms in total. The lowest BCUT2D eigenvalue weighted by atomic mass is 9.90. The second-order valence-corrected chi connectivity index (χ2v) is 10.5. The van der Waals surface area contributed by atoms with E-state index >= 15 is 0 Å². The zero-order valence-electron chi connectivity index (χ0n) is 17.5. The topological polar surface area (TPSA) is 101 Å². The van der Waals surface area contributed by atoms with Crippen molar-refractivity contribution in [3.63, 3.8) is 0 Å². The first-order valence-corrected chi connectivity index (χ1v) is 12.7. The number of anilines is 2.